The first kappa shape index (κ1) is 25.1. The zero-order chi connectivity index (χ0) is 27.0. The summed E-state index contributed by atoms with van der Waals surface area (Å²) in [7, 11) is 0. The van der Waals surface area contributed by atoms with Crippen LogP contribution in [0, 0.1) is 11.6 Å². The van der Waals surface area contributed by atoms with Crippen molar-refractivity contribution < 1.29 is 31.9 Å². The molecule has 9 nitrogen and oxygen atoms in total. The van der Waals surface area contributed by atoms with Crippen molar-refractivity contribution in [2.45, 2.75) is 19.1 Å². The molecule has 0 bridgehead atoms. The lowest BCUT2D eigenvalue weighted by atomic mass is 10.1. The molecule has 0 saturated heterocycles. The summed E-state index contributed by atoms with van der Waals surface area (Å²) in [5.41, 5.74) is 5.28. The number of hydrogen-bond acceptors (Lipinski definition) is 6. The number of carbonyl (C=O) groups is 1. The number of pyridine rings is 1. The molecule has 4 aromatic heterocycles. The highest BCUT2D eigenvalue weighted by Gasteiger charge is 2.38. The van der Waals surface area contributed by atoms with E-state index in [0.29, 0.717) is 11.3 Å². The molecule has 0 amide bonds. The summed E-state index contributed by atoms with van der Waals surface area (Å²) in [4.78, 5) is 25.0. The van der Waals surface area contributed by atoms with Gasteiger partial charge in [0, 0.05) is 48.0 Å². The Hall–Kier alpha value is -4.59. The van der Waals surface area contributed by atoms with E-state index in [1.807, 2.05) is 18.2 Å². The fourth-order valence-corrected chi connectivity index (χ4v) is 4.09. The van der Waals surface area contributed by atoms with Gasteiger partial charge >= 0.3 is 12.1 Å². The minimum absolute atomic E-state index is 0.0416. The van der Waals surface area contributed by atoms with Crippen LogP contribution in [0.3, 0.4) is 0 Å². The highest BCUT2D eigenvalue weighted by molar-refractivity contribution is 5.88. The maximum Gasteiger partial charge on any atom is 0.490 e. The van der Waals surface area contributed by atoms with Gasteiger partial charge in [-0.2, -0.15) is 13.2 Å². The SMILES string of the molecule is Fc1ccc2ncc(-c3nc(Nc4ccc5[nH]c6c(c5c4)CNCC6)ncc3F)n2c1.O=C(O)C(F)(F)F. The Labute approximate surface area is 210 Å². The van der Waals surface area contributed by atoms with E-state index in [9.17, 15) is 22.0 Å². The summed E-state index contributed by atoms with van der Waals surface area (Å²) in [6.45, 7) is 1.78. The van der Waals surface area contributed by atoms with Gasteiger partial charge in [-0.3, -0.25) is 4.40 Å². The number of hydrogen-bond donors (Lipinski definition) is 4. The molecule has 0 atom stereocenters. The first-order valence-electron chi connectivity index (χ1n) is 11.2. The van der Waals surface area contributed by atoms with Gasteiger partial charge in [-0.15, -0.1) is 0 Å². The van der Waals surface area contributed by atoms with E-state index in [1.165, 1.54) is 40.2 Å². The number of aromatic nitrogens is 5. The number of aliphatic carboxylic acids is 1. The zero-order valence-corrected chi connectivity index (χ0v) is 19.3. The monoisotopic (exact) mass is 531 g/mol. The van der Waals surface area contributed by atoms with Crippen LogP contribution in [0.15, 0.2) is 48.9 Å². The molecule has 0 radical (unpaired) electrons. The molecule has 1 aliphatic rings. The second-order valence-corrected chi connectivity index (χ2v) is 8.31. The number of fused-ring (bicyclic) bond motifs is 4. The van der Waals surface area contributed by atoms with Crippen LogP contribution in [0.1, 0.15) is 11.3 Å². The van der Waals surface area contributed by atoms with Crippen LogP contribution >= 0.6 is 0 Å². The van der Waals surface area contributed by atoms with Crippen LogP contribution in [0.4, 0.5) is 33.6 Å². The highest BCUT2D eigenvalue weighted by Crippen LogP contribution is 2.29. The summed E-state index contributed by atoms with van der Waals surface area (Å²) < 4.78 is 61.5. The number of imidazole rings is 1. The number of anilines is 2. The minimum Gasteiger partial charge on any atom is -0.475 e. The zero-order valence-electron chi connectivity index (χ0n) is 19.3. The van der Waals surface area contributed by atoms with Crippen molar-refractivity contribution in [1.82, 2.24) is 29.7 Å². The molecule has 38 heavy (non-hydrogen) atoms. The smallest absolute Gasteiger partial charge is 0.475 e. The maximum absolute atomic E-state index is 14.6. The highest BCUT2D eigenvalue weighted by atomic mass is 19.4. The lowest BCUT2D eigenvalue weighted by Crippen LogP contribution is -2.22. The second-order valence-electron chi connectivity index (χ2n) is 8.31. The van der Waals surface area contributed by atoms with Gasteiger partial charge in [0.05, 0.1) is 18.1 Å². The number of nitrogens with one attached hydrogen (secondary N) is 3. The number of aromatic amines is 1. The number of carboxylic acid groups (broad SMARTS) is 1. The van der Waals surface area contributed by atoms with Crippen molar-refractivity contribution in [1.29, 1.82) is 0 Å². The van der Waals surface area contributed by atoms with Gasteiger partial charge in [0.2, 0.25) is 5.95 Å². The predicted molar refractivity (Wildman–Crippen MR) is 127 cm³/mol. The summed E-state index contributed by atoms with van der Waals surface area (Å²) in [5.74, 6) is -3.58. The number of nitrogens with zero attached hydrogens (tertiary/aromatic N) is 4. The van der Waals surface area contributed by atoms with Crippen LogP contribution < -0.4 is 10.6 Å². The molecule has 1 aromatic carbocycles. The Morgan fingerprint density at radius 2 is 1.89 bits per heavy atom. The van der Waals surface area contributed by atoms with Gasteiger partial charge in [-0.05, 0) is 35.9 Å². The second kappa shape index (κ2) is 9.70. The molecule has 196 valence electrons. The lowest BCUT2D eigenvalue weighted by Gasteiger charge is -2.12. The van der Waals surface area contributed by atoms with E-state index in [-0.39, 0.29) is 11.6 Å². The Bertz CT molecular complexity index is 1660. The average molecular weight is 531 g/mol. The third-order valence-electron chi connectivity index (χ3n) is 5.80. The minimum atomic E-state index is -5.08. The molecule has 0 aliphatic carbocycles. The van der Waals surface area contributed by atoms with Crippen molar-refractivity contribution in [2.24, 2.45) is 0 Å². The Morgan fingerprint density at radius 3 is 2.66 bits per heavy atom. The summed E-state index contributed by atoms with van der Waals surface area (Å²) >= 11 is 0. The molecule has 6 rings (SSSR count). The molecule has 0 spiro atoms. The molecule has 5 aromatic rings. The molecule has 14 heteroatoms. The quantitative estimate of drug-likeness (QED) is 0.252. The molecule has 0 saturated carbocycles. The van der Waals surface area contributed by atoms with Gasteiger partial charge in [0.1, 0.15) is 17.2 Å². The van der Waals surface area contributed by atoms with E-state index in [4.69, 9.17) is 9.90 Å². The van der Waals surface area contributed by atoms with Crippen molar-refractivity contribution in [3.63, 3.8) is 0 Å². The van der Waals surface area contributed by atoms with Gasteiger partial charge in [0.25, 0.3) is 0 Å². The van der Waals surface area contributed by atoms with E-state index in [0.717, 1.165) is 42.3 Å². The van der Waals surface area contributed by atoms with Crippen LogP contribution in [0.5, 0.6) is 0 Å². The third-order valence-corrected chi connectivity index (χ3v) is 5.80. The number of rotatable bonds is 3. The standard InChI is InChI=1S/C22H17F2N7.C2HF3O2/c23-12-1-4-20-26-10-19(31(20)11-12)21-16(24)9-27-22(30-21)28-13-2-3-17-14(7-13)15-8-25-6-5-18(15)29-17;3-2(4,5)1(6)7/h1-4,7,9-11,25,29H,5-6,8H2,(H,27,28,30);(H,6,7). The Kier molecular flexibility index (Phi) is 6.40. The van der Waals surface area contributed by atoms with Crippen molar-refractivity contribution in [2.75, 3.05) is 11.9 Å². The van der Waals surface area contributed by atoms with Gasteiger partial charge in [-0.25, -0.2) is 28.5 Å². The van der Waals surface area contributed by atoms with E-state index < -0.39 is 23.8 Å². The predicted octanol–water partition coefficient (Wildman–Crippen LogP) is 4.57. The van der Waals surface area contributed by atoms with E-state index in [1.54, 1.807) is 0 Å². The summed E-state index contributed by atoms with van der Waals surface area (Å²) in [6, 6.07) is 8.80. The molecular weight excluding hydrogens is 513 g/mol. The van der Waals surface area contributed by atoms with Crippen LogP contribution in [0.2, 0.25) is 0 Å². The molecule has 0 fully saturated rings. The average Bonchev–Trinajstić information content (AvgIpc) is 3.46. The lowest BCUT2D eigenvalue weighted by molar-refractivity contribution is -0.192. The maximum atomic E-state index is 14.6. The fraction of sp³-hybridized carbons (Fsp3) is 0.167. The third kappa shape index (κ3) is 4.98. The number of carboxylic acids is 1. The van der Waals surface area contributed by atoms with Crippen LogP contribution in [-0.4, -0.2) is 48.1 Å². The van der Waals surface area contributed by atoms with Crippen molar-refractivity contribution in [3.05, 3.63) is 71.8 Å². The van der Waals surface area contributed by atoms with Gasteiger partial charge < -0.3 is 20.7 Å². The number of alkyl halides is 3. The van der Waals surface area contributed by atoms with Crippen LogP contribution in [0.25, 0.3) is 27.9 Å². The fourth-order valence-electron chi connectivity index (χ4n) is 4.09. The first-order valence-corrected chi connectivity index (χ1v) is 11.2. The number of H-pyrrole nitrogens is 1. The Balaban J connectivity index is 0.000000374. The molecule has 0 unspecified atom stereocenters. The number of halogens is 5. The normalized spacial score (nSPS) is 13.2. The largest absolute Gasteiger partial charge is 0.490 e. The molecule has 1 aliphatic heterocycles. The summed E-state index contributed by atoms with van der Waals surface area (Å²) in [6.07, 6.45) is -0.292. The van der Waals surface area contributed by atoms with Crippen molar-refractivity contribution in [3.8, 4) is 11.4 Å². The molecule has 4 N–H and O–H groups in total. The molecular formula is C24H18F5N7O2. The summed E-state index contributed by atoms with van der Waals surface area (Å²) in [5, 5.41) is 14.8. The van der Waals surface area contributed by atoms with Gasteiger partial charge in [-0.1, -0.05) is 0 Å². The van der Waals surface area contributed by atoms with E-state index in [2.05, 4.69) is 30.6 Å². The van der Waals surface area contributed by atoms with Crippen molar-refractivity contribution >= 4 is 34.2 Å². The topological polar surface area (TPSA) is 120 Å². The molecule has 5 heterocycles. The Morgan fingerprint density at radius 1 is 1.11 bits per heavy atom. The first-order chi connectivity index (χ1) is 18.1. The number of benzene rings is 1. The van der Waals surface area contributed by atoms with E-state index >= 15 is 0 Å². The van der Waals surface area contributed by atoms with Gasteiger partial charge in [0.15, 0.2) is 5.82 Å². The van der Waals surface area contributed by atoms with Crippen LogP contribution in [-0.2, 0) is 17.8 Å².